The number of halogens is 1. The van der Waals surface area contributed by atoms with Crippen molar-refractivity contribution in [3.05, 3.63) is 59.4 Å². The zero-order valence-corrected chi connectivity index (χ0v) is 23.1. The number of hydrogen-bond acceptors (Lipinski definition) is 2. The van der Waals surface area contributed by atoms with Gasteiger partial charge in [0.05, 0.1) is 32.0 Å². The number of pyridine rings is 1. The van der Waals surface area contributed by atoms with Gasteiger partial charge in [-0.1, -0.05) is 101 Å². The highest BCUT2D eigenvalue weighted by Gasteiger charge is 2.17. The van der Waals surface area contributed by atoms with Crippen molar-refractivity contribution < 1.29 is 21.6 Å². The predicted octanol–water partition coefficient (Wildman–Crippen LogP) is 5.25. The van der Waals surface area contributed by atoms with E-state index in [0.717, 1.165) is 28.2 Å². The summed E-state index contributed by atoms with van der Waals surface area (Å²) in [5.74, 6) is 0.883. The Kier molecular flexibility index (Phi) is 15.9. The lowest BCUT2D eigenvalue weighted by Crippen LogP contribution is -3.00. The van der Waals surface area contributed by atoms with Crippen molar-refractivity contribution in [3.8, 4) is 5.75 Å². The number of aryl methyl sites for hydroxylation is 1. The van der Waals surface area contributed by atoms with E-state index in [1.54, 1.807) is 0 Å². The third-order valence-corrected chi connectivity index (χ3v) is 6.54. The van der Waals surface area contributed by atoms with Gasteiger partial charge >= 0.3 is 0 Å². The normalized spacial score (nSPS) is 11.3. The second-order valence-corrected chi connectivity index (χ2v) is 10.4. The molecule has 2 aromatic rings. The fourth-order valence-electron chi connectivity index (χ4n) is 4.47. The molecule has 0 aliphatic rings. The van der Waals surface area contributed by atoms with Gasteiger partial charge in [-0.3, -0.25) is 0 Å². The lowest BCUT2D eigenvalue weighted by atomic mass is 10.1. The molecule has 0 spiro atoms. The zero-order valence-electron chi connectivity index (χ0n) is 22.3. The first-order valence-electron chi connectivity index (χ1n) is 13.5. The minimum atomic E-state index is 0. The van der Waals surface area contributed by atoms with Crippen molar-refractivity contribution in [1.29, 1.82) is 0 Å². The van der Waals surface area contributed by atoms with E-state index >= 15 is 0 Å². The third-order valence-electron chi connectivity index (χ3n) is 6.54. The van der Waals surface area contributed by atoms with Gasteiger partial charge in [0.15, 0.2) is 0 Å². The highest BCUT2D eigenvalue weighted by Crippen LogP contribution is 2.20. The topological polar surface area (TPSA) is 22.1 Å². The average molecular weight is 489 g/mol. The van der Waals surface area contributed by atoms with Gasteiger partial charge in [0.25, 0.3) is 0 Å². The van der Waals surface area contributed by atoms with Crippen LogP contribution >= 0.6 is 0 Å². The van der Waals surface area contributed by atoms with Crippen LogP contribution in [0.25, 0.3) is 0 Å². The summed E-state index contributed by atoms with van der Waals surface area (Å²) in [6, 6.07) is 14.5. The molecule has 0 aliphatic carbocycles. The molecule has 3 nitrogen and oxygen atoms in total. The molecule has 1 heterocycles. The van der Waals surface area contributed by atoms with Gasteiger partial charge < -0.3 is 21.6 Å². The van der Waals surface area contributed by atoms with Crippen molar-refractivity contribution in [3.63, 3.8) is 0 Å². The van der Waals surface area contributed by atoms with Gasteiger partial charge in [-0.15, -0.1) is 0 Å². The van der Waals surface area contributed by atoms with E-state index in [4.69, 9.17) is 9.72 Å². The van der Waals surface area contributed by atoms with Gasteiger partial charge in [-0.2, -0.15) is 0 Å². The molecule has 34 heavy (non-hydrogen) atoms. The first-order valence-corrected chi connectivity index (χ1v) is 13.5. The molecule has 0 aliphatic heterocycles. The minimum absolute atomic E-state index is 0. The van der Waals surface area contributed by atoms with Gasteiger partial charge in [-0.05, 0) is 37.5 Å². The summed E-state index contributed by atoms with van der Waals surface area (Å²) in [4.78, 5) is 4.84. The molecule has 1 aromatic heterocycles. The summed E-state index contributed by atoms with van der Waals surface area (Å²) < 4.78 is 6.98. The van der Waals surface area contributed by atoms with Crippen molar-refractivity contribution in [2.24, 2.45) is 0 Å². The number of aromatic nitrogens is 1. The number of benzene rings is 1. The highest BCUT2D eigenvalue weighted by molar-refractivity contribution is 5.28. The van der Waals surface area contributed by atoms with Crippen molar-refractivity contribution in [2.45, 2.75) is 104 Å². The fourth-order valence-corrected chi connectivity index (χ4v) is 4.47. The van der Waals surface area contributed by atoms with Crippen molar-refractivity contribution in [1.82, 2.24) is 4.98 Å². The van der Waals surface area contributed by atoms with Crippen molar-refractivity contribution in [2.75, 3.05) is 20.6 Å². The van der Waals surface area contributed by atoms with Gasteiger partial charge in [0.2, 0.25) is 0 Å². The molecule has 0 fully saturated rings. The molecule has 4 heteroatoms. The first-order chi connectivity index (χ1) is 16.0. The molecule has 192 valence electrons. The molecular weight excluding hydrogens is 440 g/mol. The number of unbranched alkanes of at least 4 members (excludes halogenated alkanes) is 11. The smallest absolute Gasteiger partial charge is 0.141 e. The second kappa shape index (κ2) is 17.8. The Morgan fingerprint density at radius 2 is 1.29 bits per heavy atom. The van der Waals surface area contributed by atoms with Crippen molar-refractivity contribution >= 4 is 0 Å². The van der Waals surface area contributed by atoms with E-state index in [1.165, 1.54) is 89.2 Å². The van der Waals surface area contributed by atoms with E-state index in [0.29, 0.717) is 6.61 Å². The van der Waals surface area contributed by atoms with Gasteiger partial charge in [-0.25, -0.2) is 4.98 Å². The molecule has 2 rings (SSSR count). The molecule has 0 atom stereocenters. The lowest BCUT2D eigenvalue weighted by molar-refractivity contribution is -0.904. The third kappa shape index (κ3) is 13.3. The molecule has 1 aromatic carbocycles. The molecule has 0 radical (unpaired) electrons. The summed E-state index contributed by atoms with van der Waals surface area (Å²) >= 11 is 0. The predicted molar refractivity (Wildman–Crippen MR) is 142 cm³/mol. The summed E-state index contributed by atoms with van der Waals surface area (Å²) in [5.41, 5.74) is 3.32. The number of quaternary nitrogens is 1. The number of rotatable bonds is 18. The Bertz CT molecular complexity index is 764. The summed E-state index contributed by atoms with van der Waals surface area (Å²) in [7, 11) is 4.66. The van der Waals surface area contributed by atoms with Crippen LogP contribution in [0.5, 0.6) is 5.75 Å². The summed E-state index contributed by atoms with van der Waals surface area (Å²) in [5, 5.41) is 0. The minimum Gasteiger partial charge on any atom is -1.00 e. The Labute approximate surface area is 216 Å². The second-order valence-electron chi connectivity index (χ2n) is 10.4. The Hall–Kier alpha value is -1.58. The van der Waals surface area contributed by atoms with Crippen LogP contribution in [-0.2, 0) is 13.2 Å². The monoisotopic (exact) mass is 488 g/mol. The largest absolute Gasteiger partial charge is 1.00 e. The standard InChI is InChI=1S/C30H49N2O.ClH/c1-5-6-7-8-9-10-11-12-13-14-15-19-24-32(3,4)25-29-22-23-30(27(2)31-29)33-26-28-20-17-16-18-21-28;/h16-18,20-23H,5-15,19,24-26H2,1-4H3;1H/q+1;/p-1. The van der Waals surface area contributed by atoms with Crippen LogP contribution in [0.1, 0.15) is 101 Å². The Morgan fingerprint density at radius 3 is 1.85 bits per heavy atom. The van der Waals surface area contributed by atoms with E-state index in [-0.39, 0.29) is 12.4 Å². The molecule has 0 amide bonds. The molecule has 0 unspecified atom stereocenters. The van der Waals surface area contributed by atoms with Gasteiger partial charge in [0.1, 0.15) is 18.9 Å². The van der Waals surface area contributed by atoms with Crippen LogP contribution in [0, 0.1) is 6.92 Å². The van der Waals surface area contributed by atoms with Crippen LogP contribution < -0.4 is 17.1 Å². The van der Waals surface area contributed by atoms with E-state index in [9.17, 15) is 0 Å². The Morgan fingerprint density at radius 1 is 0.735 bits per heavy atom. The maximum Gasteiger partial charge on any atom is 0.141 e. The highest BCUT2D eigenvalue weighted by atomic mass is 35.5. The van der Waals surface area contributed by atoms with Crippen LogP contribution in [0.15, 0.2) is 42.5 Å². The number of hydrogen-bond donors (Lipinski definition) is 0. The maximum absolute atomic E-state index is 5.99. The van der Waals surface area contributed by atoms with Crippen LogP contribution in [0.3, 0.4) is 0 Å². The zero-order chi connectivity index (χ0) is 23.8. The first kappa shape index (κ1) is 30.5. The SMILES string of the molecule is CCCCCCCCCCCCCC[N+](C)(C)Cc1ccc(OCc2ccccc2)c(C)n1.[Cl-]. The van der Waals surface area contributed by atoms with E-state index in [2.05, 4.69) is 52.2 Å². The average Bonchev–Trinajstić information content (AvgIpc) is 2.79. The summed E-state index contributed by atoms with van der Waals surface area (Å²) in [6.07, 6.45) is 16.9. The van der Waals surface area contributed by atoms with Crippen LogP contribution in [0.2, 0.25) is 0 Å². The lowest BCUT2D eigenvalue weighted by Gasteiger charge is -2.29. The Balaban J connectivity index is 0.00000578. The van der Waals surface area contributed by atoms with E-state index in [1.807, 2.05) is 18.2 Å². The quantitative estimate of drug-likeness (QED) is 0.211. The molecule has 0 saturated carbocycles. The number of nitrogens with zero attached hydrogens (tertiary/aromatic N) is 2. The van der Waals surface area contributed by atoms with E-state index < -0.39 is 0 Å². The molecule has 0 N–H and O–H groups in total. The van der Waals surface area contributed by atoms with Crippen LogP contribution in [-0.4, -0.2) is 30.1 Å². The summed E-state index contributed by atoms with van der Waals surface area (Å²) in [6.45, 7) is 7.11. The fraction of sp³-hybridized carbons (Fsp3) is 0.633. The van der Waals surface area contributed by atoms with Gasteiger partial charge in [0, 0.05) is 0 Å². The molecular formula is C30H49ClN2O. The maximum atomic E-state index is 5.99. The molecule has 0 bridgehead atoms. The molecule has 0 saturated heterocycles. The number of ether oxygens (including phenoxy) is 1. The van der Waals surface area contributed by atoms with Crippen LogP contribution in [0.4, 0.5) is 0 Å².